The van der Waals surface area contributed by atoms with E-state index in [1.54, 1.807) is 37.3 Å². The van der Waals surface area contributed by atoms with Gasteiger partial charge in [0, 0.05) is 18.2 Å². The number of thioether (sulfide) groups is 1. The second kappa shape index (κ2) is 9.38. The number of benzene rings is 1. The predicted octanol–water partition coefficient (Wildman–Crippen LogP) is 4.81. The smallest absolute Gasteiger partial charge is 0.306 e. The van der Waals surface area contributed by atoms with E-state index in [4.69, 9.17) is 26.1 Å². The molecule has 1 saturated carbocycles. The van der Waals surface area contributed by atoms with Crippen LogP contribution in [0, 0.1) is 5.92 Å². The van der Waals surface area contributed by atoms with Gasteiger partial charge in [0.15, 0.2) is 0 Å². The number of hydrogen-bond donors (Lipinski definition) is 1. The fourth-order valence-electron chi connectivity index (χ4n) is 4.12. The molecule has 0 spiro atoms. The Balaban J connectivity index is 1.54. The molecule has 2 aliphatic rings. The summed E-state index contributed by atoms with van der Waals surface area (Å²) in [5.74, 6) is 0.960. The molecule has 1 aliphatic carbocycles. The molecular formula is C23H23NO6S2. The van der Waals surface area contributed by atoms with E-state index in [-0.39, 0.29) is 11.9 Å². The third-order valence-electron chi connectivity index (χ3n) is 5.76. The van der Waals surface area contributed by atoms with Crippen LogP contribution in [-0.4, -0.2) is 46.5 Å². The van der Waals surface area contributed by atoms with Gasteiger partial charge in [0.05, 0.1) is 30.6 Å². The molecule has 32 heavy (non-hydrogen) atoms. The monoisotopic (exact) mass is 473 g/mol. The minimum Gasteiger partial charge on any atom is -0.497 e. The van der Waals surface area contributed by atoms with Gasteiger partial charge in [-0.05, 0) is 43.5 Å². The fourth-order valence-corrected chi connectivity index (χ4v) is 5.50. The molecule has 2 unspecified atom stereocenters. The van der Waals surface area contributed by atoms with Gasteiger partial charge in [0.1, 0.15) is 27.3 Å². The number of amides is 1. The Kier molecular flexibility index (Phi) is 6.57. The third kappa shape index (κ3) is 4.40. The number of furan rings is 1. The molecule has 2 aromatic rings. The van der Waals surface area contributed by atoms with E-state index in [1.807, 2.05) is 18.2 Å². The van der Waals surface area contributed by atoms with Gasteiger partial charge >= 0.3 is 5.97 Å². The Hall–Kier alpha value is -2.78. The van der Waals surface area contributed by atoms with Crippen LogP contribution >= 0.6 is 24.0 Å². The summed E-state index contributed by atoms with van der Waals surface area (Å²) in [5, 5.41) is 9.36. The quantitative estimate of drug-likeness (QED) is 0.472. The minimum absolute atomic E-state index is 0.182. The average molecular weight is 474 g/mol. The topological polar surface area (TPSA) is 89.2 Å². The van der Waals surface area contributed by atoms with Gasteiger partial charge in [-0.3, -0.25) is 14.5 Å². The Bertz CT molecular complexity index is 1090. The van der Waals surface area contributed by atoms with Gasteiger partial charge in [-0.25, -0.2) is 0 Å². The zero-order valence-electron chi connectivity index (χ0n) is 17.7. The van der Waals surface area contributed by atoms with Crippen LogP contribution in [0.5, 0.6) is 11.5 Å². The van der Waals surface area contributed by atoms with Gasteiger partial charge in [-0.15, -0.1) is 0 Å². The highest BCUT2D eigenvalue weighted by Gasteiger charge is 2.40. The van der Waals surface area contributed by atoms with Crippen LogP contribution in [0.1, 0.15) is 31.4 Å². The molecule has 1 aromatic heterocycles. The summed E-state index contributed by atoms with van der Waals surface area (Å²) >= 11 is 6.67. The van der Waals surface area contributed by atoms with Crippen molar-refractivity contribution in [1.29, 1.82) is 0 Å². The Morgan fingerprint density at radius 2 is 2.06 bits per heavy atom. The van der Waals surface area contributed by atoms with Crippen LogP contribution in [0.15, 0.2) is 39.7 Å². The number of methoxy groups -OCH3 is 2. The molecule has 2 heterocycles. The lowest BCUT2D eigenvalue weighted by molar-refractivity contribution is -0.144. The summed E-state index contributed by atoms with van der Waals surface area (Å²) < 4.78 is 17.1. The molecule has 2 fully saturated rings. The van der Waals surface area contributed by atoms with E-state index < -0.39 is 11.9 Å². The van der Waals surface area contributed by atoms with E-state index in [1.165, 1.54) is 11.8 Å². The van der Waals surface area contributed by atoms with Crippen molar-refractivity contribution < 1.29 is 28.6 Å². The van der Waals surface area contributed by atoms with Crippen LogP contribution in [0.4, 0.5) is 0 Å². The number of rotatable bonds is 6. The van der Waals surface area contributed by atoms with Crippen LogP contribution in [0.2, 0.25) is 0 Å². The summed E-state index contributed by atoms with van der Waals surface area (Å²) in [7, 11) is 3.17. The maximum atomic E-state index is 13.1. The standard InChI is InChI=1S/C23H23NO6S2/c1-28-15-6-8-17(19(11-15)29-2)18-9-7-16(30-18)12-20-21(25)24(23(31)32-20)14-5-3-4-13(10-14)22(26)27/h6-9,11-14H,3-5,10H2,1-2H3,(H,26,27). The van der Waals surface area contributed by atoms with Crippen molar-refractivity contribution in [2.24, 2.45) is 5.92 Å². The summed E-state index contributed by atoms with van der Waals surface area (Å²) in [5.41, 5.74) is 0.766. The van der Waals surface area contributed by atoms with Crippen molar-refractivity contribution in [3.8, 4) is 22.8 Å². The lowest BCUT2D eigenvalue weighted by Gasteiger charge is -2.32. The third-order valence-corrected chi connectivity index (χ3v) is 7.09. The van der Waals surface area contributed by atoms with Gasteiger partial charge in [0.2, 0.25) is 0 Å². The Morgan fingerprint density at radius 3 is 2.78 bits per heavy atom. The van der Waals surface area contributed by atoms with Crippen LogP contribution < -0.4 is 9.47 Å². The van der Waals surface area contributed by atoms with E-state index in [2.05, 4.69) is 0 Å². The summed E-state index contributed by atoms with van der Waals surface area (Å²) in [6.07, 6.45) is 4.27. The molecule has 0 radical (unpaired) electrons. The van der Waals surface area contributed by atoms with Crippen LogP contribution in [-0.2, 0) is 9.59 Å². The first-order valence-electron chi connectivity index (χ1n) is 10.2. The summed E-state index contributed by atoms with van der Waals surface area (Å²) in [6.45, 7) is 0. The normalized spacial score (nSPS) is 22.4. The number of nitrogens with zero attached hydrogens (tertiary/aromatic N) is 1. The molecule has 1 aliphatic heterocycles. The maximum Gasteiger partial charge on any atom is 0.306 e. The number of hydrogen-bond acceptors (Lipinski definition) is 7. The summed E-state index contributed by atoms with van der Waals surface area (Å²) in [6, 6.07) is 8.86. The van der Waals surface area contributed by atoms with E-state index in [0.717, 1.165) is 18.4 Å². The largest absolute Gasteiger partial charge is 0.497 e. The molecule has 7 nitrogen and oxygen atoms in total. The first-order valence-corrected chi connectivity index (χ1v) is 11.5. The number of carbonyl (C=O) groups excluding carboxylic acids is 1. The first kappa shape index (κ1) is 22.4. The minimum atomic E-state index is -0.812. The highest BCUT2D eigenvalue weighted by atomic mass is 32.2. The molecule has 9 heteroatoms. The lowest BCUT2D eigenvalue weighted by atomic mass is 9.85. The van der Waals surface area contributed by atoms with E-state index >= 15 is 0 Å². The molecule has 1 aromatic carbocycles. The highest BCUT2D eigenvalue weighted by molar-refractivity contribution is 8.26. The van der Waals surface area contributed by atoms with Gasteiger partial charge in [0.25, 0.3) is 5.91 Å². The Morgan fingerprint density at radius 1 is 1.25 bits per heavy atom. The first-order chi connectivity index (χ1) is 15.4. The fraction of sp³-hybridized carbons (Fsp3) is 0.348. The van der Waals surface area contributed by atoms with Gasteiger partial charge in [-0.1, -0.05) is 30.4 Å². The number of carboxylic acids is 1. The summed E-state index contributed by atoms with van der Waals surface area (Å²) in [4.78, 5) is 26.5. The number of ether oxygens (including phenoxy) is 2. The molecule has 1 saturated heterocycles. The Labute approximate surface area is 195 Å². The van der Waals surface area contributed by atoms with Gasteiger partial charge < -0.3 is 19.0 Å². The zero-order chi connectivity index (χ0) is 22.8. The molecular weight excluding hydrogens is 450 g/mol. The number of thiocarbonyl (C=S) groups is 1. The predicted molar refractivity (Wildman–Crippen MR) is 126 cm³/mol. The molecule has 4 rings (SSSR count). The van der Waals surface area contributed by atoms with E-state index in [9.17, 15) is 14.7 Å². The number of carbonyl (C=O) groups is 2. The maximum absolute atomic E-state index is 13.1. The van der Waals surface area contributed by atoms with Gasteiger partial charge in [-0.2, -0.15) is 0 Å². The molecule has 168 valence electrons. The van der Waals surface area contributed by atoms with E-state index in [0.29, 0.717) is 45.1 Å². The van der Waals surface area contributed by atoms with Crippen molar-refractivity contribution in [1.82, 2.24) is 4.90 Å². The van der Waals surface area contributed by atoms with Crippen molar-refractivity contribution >= 4 is 46.3 Å². The lowest BCUT2D eigenvalue weighted by Crippen LogP contribution is -2.42. The second-order valence-electron chi connectivity index (χ2n) is 7.68. The second-order valence-corrected chi connectivity index (χ2v) is 9.35. The highest BCUT2D eigenvalue weighted by Crippen LogP contribution is 2.40. The average Bonchev–Trinajstić information content (AvgIpc) is 3.37. The molecule has 2 atom stereocenters. The van der Waals surface area contributed by atoms with Crippen LogP contribution in [0.3, 0.4) is 0 Å². The van der Waals surface area contributed by atoms with Crippen molar-refractivity contribution in [2.45, 2.75) is 31.7 Å². The van der Waals surface area contributed by atoms with Crippen molar-refractivity contribution in [3.05, 3.63) is 41.0 Å². The van der Waals surface area contributed by atoms with Crippen molar-refractivity contribution in [2.75, 3.05) is 14.2 Å². The molecule has 1 N–H and O–H groups in total. The van der Waals surface area contributed by atoms with Crippen LogP contribution in [0.25, 0.3) is 17.4 Å². The SMILES string of the molecule is COc1ccc(-c2ccc(C=C3SC(=S)N(C4CCCC(C(=O)O)C4)C3=O)o2)c(OC)c1. The number of carboxylic acid groups (broad SMARTS) is 1. The number of aliphatic carboxylic acids is 1. The van der Waals surface area contributed by atoms with Crippen molar-refractivity contribution in [3.63, 3.8) is 0 Å². The zero-order valence-corrected chi connectivity index (χ0v) is 19.3. The molecule has 1 amide bonds. The molecule has 0 bridgehead atoms.